The Bertz CT molecular complexity index is 1460. The van der Waals surface area contributed by atoms with E-state index < -0.39 is 32.5 Å². The summed E-state index contributed by atoms with van der Waals surface area (Å²) in [5, 5.41) is 0. The zero-order chi connectivity index (χ0) is 44.1. The van der Waals surface area contributed by atoms with E-state index in [1.807, 2.05) is 27.2 Å². The molecule has 1 fully saturated rings. The summed E-state index contributed by atoms with van der Waals surface area (Å²) in [6.45, 7) is 8.33. The fourth-order valence-electron chi connectivity index (χ4n) is 6.73. The van der Waals surface area contributed by atoms with Crippen LogP contribution in [0.1, 0.15) is 165 Å². The van der Waals surface area contributed by atoms with Gasteiger partial charge in [-0.15, -0.1) is 0 Å². The summed E-state index contributed by atoms with van der Waals surface area (Å²) in [6, 6.07) is 0. The van der Waals surface area contributed by atoms with Crippen molar-refractivity contribution in [1.82, 2.24) is 0 Å². The third-order valence-electron chi connectivity index (χ3n) is 10.7. The lowest BCUT2D eigenvalue weighted by Gasteiger charge is -2.28. The van der Waals surface area contributed by atoms with E-state index in [0.717, 1.165) is 82.1 Å². The Balaban J connectivity index is 1.64. The maximum absolute atomic E-state index is 12.7. The first-order valence-electron chi connectivity index (χ1n) is 23.2. The second kappa shape index (κ2) is 31.3. The number of allylic oxidation sites excluding steroid dienone is 4. The molecule has 1 saturated heterocycles. The van der Waals surface area contributed by atoms with E-state index >= 15 is 0 Å². The number of phosphoric acid groups is 1. The van der Waals surface area contributed by atoms with Crippen LogP contribution >= 0.6 is 7.82 Å². The lowest BCUT2D eigenvalue weighted by atomic mass is 10.0. The summed E-state index contributed by atoms with van der Waals surface area (Å²) in [5.74, 6) is 1.36. The molecule has 0 aromatic carbocycles. The first-order chi connectivity index (χ1) is 28.7. The van der Waals surface area contributed by atoms with Crippen molar-refractivity contribution in [3.63, 3.8) is 0 Å². The molecule has 4 atom stereocenters. The highest BCUT2D eigenvalue weighted by Gasteiger charge is 2.36. The van der Waals surface area contributed by atoms with E-state index in [1.54, 1.807) is 0 Å². The van der Waals surface area contributed by atoms with Gasteiger partial charge in [-0.2, -0.15) is 0 Å². The summed E-state index contributed by atoms with van der Waals surface area (Å²) in [4.78, 5) is 37.7. The normalized spacial score (nSPS) is 17.2. The van der Waals surface area contributed by atoms with Crippen LogP contribution in [0.25, 0.3) is 0 Å². The van der Waals surface area contributed by atoms with Gasteiger partial charge in [0.05, 0.1) is 40.0 Å². The number of esters is 2. The van der Waals surface area contributed by atoms with Crippen molar-refractivity contribution in [2.75, 3.05) is 47.5 Å². The number of quaternary nitrogens is 1. The smallest absolute Gasteiger partial charge is 0.306 e. The highest BCUT2D eigenvalue weighted by atomic mass is 31.2. The van der Waals surface area contributed by atoms with Gasteiger partial charge in [0, 0.05) is 25.7 Å². The van der Waals surface area contributed by atoms with Crippen LogP contribution in [0.3, 0.4) is 0 Å². The van der Waals surface area contributed by atoms with E-state index in [-0.39, 0.29) is 38.3 Å². The summed E-state index contributed by atoms with van der Waals surface area (Å²) in [5.41, 5.74) is 2.62. The van der Waals surface area contributed by atoms with Crippen LogP contribution in [0.15, 0.2) is 40.9 Å². The molecule has 3 unspecified atom stereocenters. The molecule has 344 valence electrons. The van der Waals surface area contributed by atoms with Gasteiger partial charge in [-0.25, -0.2) is 0 Å². The number of furan rings is 1. The zero-order valence-corrected chi connectivity index (χ0v) is 39.5. The molecule has 0 saturated carbocycles. The number of hydrogen-bond acceptors (Lipinski definition) is 10. The predicted molar refractivity (Wildman–Crippen MR) is 239 cm³/mol. The summed E-state index contributed by atoms with van der Waals surface area (Å²) in [7, 11) is 1.10. The summed E-state index contributed by atoms with van der Waals surface area (Å²) >= 11 is 0. The Hall–Kier alpha value is -2.53. The molecule has 0 aliphatic carbocycles. The summed E-state index contributed by atoms with van der Waals surface area (Å²) in [6.07, 6.45) is 33.3. The lowest BCUT2D eigenvalue weighted by Crippen LogP contribution is -2.37. The fourth-order valence-corrected chi connectivity index (χ4v) is 7.46. The van der Waals surface area contributed by atoms with Crippen molar-refractivity contribution in [3.8, 4) is 0 Å². The van der Waals surface area contributed by atoms with Gasteiger partial charge in [-0.3, -0.25) is 14.2 Å². The van der Waals surface area contributed by atoms with E-state index in [4.69, 9.17) is 27.7 Å². The minimum absolute atomic E-state index is 0.0515. The molecule has 60 heavy (non-hydrogen) atoms. The van der Waals surface area contributed by atoms with Crippen molar-refractivity contribution >= 4 is 19.8 Å². The van der Waals surface area contributed by atoms with E-state index in [2.05, 4.69) is 58.1 Å². The monoisotopic (exact) mass is 864 g/mol. The second-order valence-corrected chi connectivity index (χ2v) is 18.8. The van der Waals surface area contributed by atoms with Crippen molar-refractivity contribution in [2.24, 2.45) is 0 Å². The first-order valence-corrected chi connectivity index (χ1v) is 24.6. The van der Waals surface area contributed by atoms with Gasteiger partial charge in [0.1, 0.15) is 31.3 Å². The summed E-state index contributed by atoms with van der Waals surface area (Å²) < 4.78 is 45.9. The van der Waals surface area contributed by atoms with Crippen LogP contribution in [-0.2, 0) is 50.3 Å². The molecular formula is C48H82NO10P. The van der Waals surface area contributed by atoms with Gasteiger partial charge in [0.2, 0.25) is 0 Å². The molecule has 11 nitrogen and oxygen atoms in total. The van der Waals surface area contributed by atoms with Gasteiger partial charge in [-0.05, 0) is 89.2 Å². The molecule has 1 aliphatic rings. The Morgan fingerprint density at radius 2 is 1.28 bits per heavy atom. The number of epoxide rings is 1. The van der Waals surface area contributed by atoms with Crippen molar-refractivity contribution in [2.45, 2.75) is 187 Å². The third-order valence-corrected chi connectivity index (χ3v) is 11.7. The minimum Gasteiger partial charge on any atom is -0.756 e. The number of aryl methyl sites for hydroxylation is 2. The van der Waals surface area contributed by atoms with Crippen molar-refractivity contribution in [1.29, 1.82) is 0 Å². The number of ether oxygens (including phenoxy) is 3. The number of carbonyl (C=O) groups is 2. The standard InChI is InChI=1S/C48H82NO10P/c1-8-10-11-12-13-14-18-21-26-32-45-46(59-45)33-27-23-24-29-35-48(51)57-42(39-56-60(52,53)55-37-36-49(5,6)7)38-54-47(50)34-28-22-19-16-15-17-20-25-31-44-41(4)40(3)43(58-44)30-9-2/h13-14,21,23,26-27,42,45-46H,8-12,15-20,22,24-25,28-39H2,1-7H3/b14-13-,26-21-,27-23-/t42-,45?,46?/m1/s1. The van der Waals surface area contributed by atoms with Gasteiger partial charge < -0.3 is 37.1 Å². The second-order valence-electron chi connectivity index (χ2n) is 17.4. The number of nitrogens with zero attached hydrogens (tertiary/aromatic N) is 1. The molecule has 2 rings (SSSR count). The van der Waals surface area contributed by atoms with E-state index in [0.29, 0.717) is 30.3 Å². The SMILES string of the molecule is CCCCC/C=C\C/C=C\CC1OC1C/C=C\CCCC(=O)O[C@H](COC(=O)CCCCCCCCCCc1oc(CCC)c(C)c1C)COP(=O)([O-])OCC[N+](C)(C)C. The average molecular weight is 864 g/mol. The molecule has 0 bridgehead atoms. The average Bonchev–Trinajstić information content (AvgIpc) is 3.89. The van der Waals surface area contributed by atoms with Gasteiger partial charge in [0.25, 0.3) is 7.82 Å². The fraction of sp³-hybridized carbons (Fsp3) is 0.750. The molecule has 0 amide bonds. The molecule has 12 heteroatoms. The van der Waals surface area contributed by atoms with Crippen LogP contribution in [0.2, 0.25) is 0 Å². The highest BCUT2D eigenvalue weighted by Crippen LogP contribution is 2.38. The first kappa shape index (κ1) is 53.6. The Morgan fingerprint density at radius 3 is 1.95 bits per heavy atom. The topological polar surface area (TPSA) is 137 Å². The number of hydrogen-bond donors (Lipinski definition) is 0. The van der Waals surface area contributed by atoms with Crippen LogP contribution in [-0.4, -0.2) is 82.2 Å². The largest absolute Gasteiger partial charge is 0.756 e. The number of likely N-dealkylation sites (N-methyl/N-ethyl adjacent to an activating group) is 1. The quantitative estimate of drug-likeness (QED) is 0.0159. The molecule has 1 aliphatic heterocycles. The van der Waals surface area contributed by atoms with E-state index in [9.17, 15) is 19.0 Å². The number of rotatable bonds is 37. The third kappa shape index (κ3) is 26.7. The van der Waals surface area contributed by atoms with E-state index in [1.165, 1.54) is 49.7 Å². The molecule has 1 aromatic rings. The molecule has 0 radical (unpaired) electrons. The Labute approximate surface area is 363 Å². The zero-order valence-electron chi connectivity index (χ0n) is 38.6. The number of carbonyl (C=O) groups excluding carboxylic acids is 2. The van der Waals surface area contributed by atoms with Crippen LogP contribution < -0.4 is 4.89 Å². The van der Waals surface area contributed by atoms with Crippen molar-refractivity contribution in [3.05, 3.63) is 59.1 Å². The van der Waals surface area contributed by atoms with Crippen LogP contribution in [0, 0.1) is 13.8 Å². The van der Waals surface area contributed by atoms with Crippen LogP contribution in [0.5, 0.6) is 0 Å². The van der Waals surface area contributed by atoms with Crippen molar-refractivity contribution < 1.29 is 51.2 Å². The minimum atomic E-state index is -4.66. The molecule has 1 aromatic heterocycles. The Kier molecular flexibility index (Phi) is 28.0. The molecule has 2 heterocycles. The van der Waals surface area contributed by atoms with Crippen LogP contribution in [0.4, 0.5) is 0 Å². The van der Waals surface area contributed by atoms with Gasteiger partial charge in [0.15, 0.2) is 6.10 Å². The highest BCUT2D eigenvalue weighted by molar-refractivity contribution is 7.45. The number of phosphoric ester groups is 1. The van der Waals surface area contributed by atoms with Gasteiger partial charge >= 0.3 is 11.9 Å². The maximum atomic E-state index is 12.7. The predicted octanol–water partition coefficient (Wildman–Crippen LogP) is 10.9. The molecule has 0 N–H and O–H groups in total. The maximum Gasteiger partial charge on any atom is 0.306 e. The molecule has 0 spiro atoms. The lowest BCUT2D eigenvalue weighted by molar-refractivity contribution is -0.870. The molecular weight excluding hydrogens is 781 g/mol. The Morgan fingerprint density at radius 1 is 0.700 bits per heavy atom. The van der Waals surface area contributed by atoms with Gasteiger partial charge in [-0.1, -0.05) is 102 Å². The number of unbranched alkanes of at least 4 members (excludes halogenated alkanes) is 11.